The second-order valence-electron chi connectivity index (χ2n) is 5.54. The highest BCUT2D eigenvalue weighted by molar-refractivity contribution is 7.20. The highest BCUT2D eigenvalue weighted by atomic mass is 32.1. The molecule has 0 spiro atoms. The Labute approximate surface area is 146 Å². The van der Waals surface area contributed by atoms with Gasteiger partial charge in [-0.2, -0.15) is 0 Å². The van der Waals surface area contributed by atoms with Gasteiger partial charge in [0.1, 0.15) is 21.3 Å². The largest absolute Gasteiger partial charge is 0.477 e. The van der Waals surface area contributed by atoms with Crippen LogP contribution in [0.4, 0.5) is 17.2 Å². The number of fused-ring (bicyclic) bond motifs is 1. The fourth-order valence-electron chi connectivity index (χ4n) is 2.53. The van der Waals surface area contributed by atoms with Gasteiger partial charge >= 0.3 is 5.97 Å². The maximum Gasteiger partial charge on any atom is 0.346 e. The van der Waals surface area contributed by atoms with E-state index >= 15 is 0 Å². The van der Waals surface area contributed by atoms with Crippen molar-refractivity contribution in [2.75, 3.05) is 5.32 Å². The quantitative estimate of drug-likeness (QED) is 0.535. The molecule has 1 aromatic carbocycles. The van der Waals surface area contributed by atoms with E-state index in [1.54, 1.807) is 19.9 Å². The average Bonchev–Trinajstić information content (AvgIpc) is 2.86. The van der Waals surface area contributed by atoms with Gasteiger partial charge in [-0.3, -0.25) is 10.1 Å². The molecule has 128 valence electrons. The van der Waals surface area contributed by atoms with Crippen LogP contribution in [0.2, 0.25) is 0 Å². The Morgan fingerprint density at radius 3 is 2.64 bits per heavy atom. The van der Waals surface area contributed by atoms with Crippen molar-refractivity contribution < 1.29 is 14.8 Å². The smallest absolute Gasteiger partial charge is 0.346 e. The predicted octanol–water partition coefficient (Wildman–Crippen LogP) is 3.97. The molecule has 8 nitrogen and oxygen atoms in total. The summed E-state index contributed by atoms with van der Waals surface area (Å²) >= 11 is 1.08. The summed E-state index contributed by atoms with van der Waals surface area (Å²) in [6.45, 7) is 5.23. The van der Waals surface area contributed by atoms with Gasteiger partial charge in [0.15, 0.2) is 0 Å². The van der Waals surface area contributed by atoms with Gasteiger partial charge in [-0.25, -0.2) is 14.8 Å². The van der Waals surface area contributed by atoms with Crippen molar-refractivity contribution in [2.45, 2.75) is 20.8 Å². The number of anilines is 2. The van der Waals surface area contributed by atoms with Gasteiger partial charge in [-0.1, -0.05) is 6.07 Å². The summed E-state index contributed by atoms with van der Waals surface area (Å²) in [7, 11) is 0. The normalized spacial score (nSPS) is 10.8. The number of aryl methyl sites for hydroxylation is 3. The summed E-state index contributed by atoms with van der Waals surface area (Å²) in [5, 5.41) is 24.0. The molecule has 3 rings (SSSR count). The van der Waals surface area contributed by atoms with Gasteiger partial charge in [0.2, 0.25) is 0 Å². The van der Waals surface area contributed by atoms with Gasteiger partial charge in [-0.05, 0) is 31.9 Å². The number of hydrogen-bond acceptors (Lipinski definition) is 7. The van der Waals surface area contributed by atoms with E-state index in [1.807, 2.05) is 6.92 Å². The summed E-state index contributed by atoms with van der Waals surface area (Å²) in [6, 6.07) is 4.51. The number of rotatable bonds is 4. The summed E-state index contributed by atoms with van der Waals surface area (Å²) < 4.78 is 0. The monoisotopic (exact) mass is 358 g/mol. The van der Waals surface area contributed by atoms with Crippen LogP contribution in [0.25, 0.3) is 10.2 Å². The van der Waals surface area contributed by atoms with Gasteiger partial charge < -0.3 is 10.4 Å². The lowest BCUT2D eigenvalue weighted by atomic mass is 10.1. The summed E-state index contributed by atoms with van der Waals surface area (Å²) in [5.41, 5.74) is 1.87. The number of nitro benzene ring substituents is 1. The molecule has 3 aromatic rings. The van der Waals surface area contributed by atoms with E-state index in [9.17, 15) is 20.0 Å². The first-order valence-corrected chi connectivity index (χ1v) is 8.12. The number of hydrogen-bond donors (Lipinski definition) is 2. The third-order valence-electron chi connectivity index (χ3n) is 3.78. The van der Waals surface area contributed by atoms with E-state index in [2.05, 4.69) is 15.3 Å². The summed E-state index contributed by atoms with van der Waals surface area (Å²) in [6.07, 6.45) is 0. The van der Waals surface area contributed by atoms with Crippen LogP contribution >= 0.6 is 11.3 Å². The van der Waals surface area contributed by atoms with E-state index in [0.717, 1.165) is 16.9 Å². The minimum absolute atomic E-state index is 0.0385. The van der Waals surface area contributed by atoms with Crippen LogP contribution in [0.3, 0.4) is 0 Å². The highest BCUT2D eigenvalue weighted by Gasteiger charge is 2.20. The van der Waals surface area contributed by atoms with Crippen LogP contribution in [-0.4, -0.2) is 26.0 Å². The summed E-state index contributed by atoms with van der Waals surface area (Å²) in [5.74, 6) is -0.0979. The molecule has 0 bridgehead atoms. The Bertz CT molecular complexity index is 1030. The van der Waals surface area contributed by atoms with E-state index < -0.39 is 10.9 Å². The molecule has 2 N–H and O–H groups in total. The molecule has 0 atom stereocenters. The molecule has 0 saturated carbocycles. The molecule has 25 heavy (non-hydrogen) atoms. The zero-order valence-electron chi connectivity index (χ0n) is 13.7. The Kier molecular flexibility index (Phi) is 4.09. The molecule has 0 saturated heterocycles. The number of aromatic nitrogens is 2. The van der Waals surface area contributed by atoms with Crippen molar-refractivity contribution >= 4 is 44.7 Å². The Morgan fingerprint density at radius 1 is 1.28 bits per heavy atom. The van der Waals surface area contributed by atoms with Crippen molar-refractivity contribution in [3.8, 4) is 0 Å². The van der Waals surface area contributed by atoms with Crippen molar-refractivity contribution in [3.63, 3.8) is 0 Å². The first-order valence-electron chi connectivity index (χ1n) is 7.31. The molecule has 0 aliphatic rings. The molecule has 0 aliphatic carbocycles. The zero-order valence-corrected chi connectivity index (χ0v) is 14.5. The van der Waals surface area contributed by atoms with Crippen LogP contribution < -0.4 is 5.32 Å². The Hall–Kier alpha value is -3.07. The molecular weight excluding hydrogens is 344 g/mol. The number of thiophene rings is 1. The van der Waals surface area contributed by atoms with Crippen molar-refractivity contribution in [1.29, 1.82) is 0 Å². The molecule has 0 radical (unpaired) electrons. The lowest BCUT2D eigenvalue weighted by Gasteiger charge is -2.11. The molecule has 0 unspecified atom stereocenters. The number of nitrogens with one attached hydrogen (secondary N) is 1. The number of carboxylic acid groups (broad SMARTS) is 1. The number of nitrogens with zero attached hydrogens (tertiary/aromatic N) is 3. The first kappa shape index (κ1) is 16.8. The third-order valence-corrected chi connectivity index (χ3v) is 4.95. The van der Waals surface area contributed by atoms with E-state index in [1.165, 1.54) is 12.1 Å². The van der Waals surface area contributed by atoms with Crippen LogP contribution in [0.5, 0.6) is 0 Å². The van der Waals surface area contributed by atoms with Crippen LogP contribution in [0.15, 0.2) is 18.2 Å². The predicted molar refractivity (Wildman–Crippen MR) is 95.0 cm³/mol. The standard InChI is InChI=1S/C16H14N4O4S/c1-7-4-5-10(20(23)24)6-11(7)19-14-12-8(2)13(16(21)22)25-15(12)18-9(3)17-14/h4-6H,1-3H3,(H,21,22)(H,17,18,19). The lowest BCUT2D eigenvalue weighted by molar-refractivity contribution is -0.384. The molecule has 0 fully saturated rings. The minimum atomic E-state index is -1.02. The number of benzene rings is 1. The Balaban J connectivity index is 2.18. The van der Waals surface area contributed by atoms with Gasteiger partial charge in [0.25, 0.3) is 5.69 Å². The van der Waals surface area contributed by atoms with E-state index in [-0.39, 0.29) is 10.6 Å². The van der Waals surface area contributed by atoms with Crippen LogP contribution in [-0.2, 0) is 0 Å². The number of aromatic carboxylic acids is 1. The summed E-state index contributed by atoms with van der Waals surface area (Å²) in [4.78, 5) is 31.4. The van der Waals surface area contributed by atoms with Crippen molar-refractivity contribution in [3.05, 3.63) is 50.1 Å². The van der Waals surface area contributed by atoms with Crippen molar-refractivity contribution in [2.24, 2.45) is 0 Å². The third kappa shape index (κ3) is 3.01. The fourth-order valence-corrected chi connectivity index (χ4v) is 3.59. The molecule has 0 amide bonds. The second kappa shape index (κ2) is 6.10. The SMILES string of the molecule is Cc1nc(Nc2cc([N+](=O)[O-])ccc2C)c2c(C)c(C(=O)O)sc2n1. The number of carbonyl (C=O) groups is 1. The second-order valence-corrected chi connectivity index (χ2v) is 6.54. The van der Waals surface area contributed by atoms with Gasteiger partial charge in [0.05, 0.1) is 10.3 Å². The number of carboxylic acids is 1. The van der Waals surface area contributed by atoms with Gasteiger partial charge in [-0.15, -0.1) is 11.3 Å². The van der Waals surface area contributed by atoms with Crippen LogP contribution in [0, 0.1) is 30.9 Å². The molecule has 2 aromatic heterocycles. The maximum absolute atomic E-state index is 11.4. The van der Waals surface area contributed by atoms with Gasteiger partial charge in [0, 0.05) is 17.8 Å². The maximum atomic E-state index is 11.4. The van der Waals surface area contributed by atoms with Crippen molar-refractivity contribution in [1.82, 2.24) is 9.97 Å². The lowest BCUT2D eigenvalue weighted by Crippen LogP contribution is -2.01. The molecular formula is C16H14N4O4S. The zero-order chi connectivity index (χ0) is 18.3. The average molecular weight is 358 g/mol. The molecule has 2 heterocycles. The minimum Gasteiger partial charge on any atom is -0.477 e. The molecule has 9 heteroatoms. The first-order chi connectivity index (χ1) is 11.8. The highest BCUT2D eigenvalue weighted by Crippen LogP contribution is 2.36. The molecule has 0 aliphatic heterocycles. The van der Waals surface area contributed by atoms with Crippen LogP contribution in [0.1, 0.15) is 26.6 Å². The number of nitro groups is 1. The van der Waals surface area contributed by atoms with E-state index in [4.69, 9.17) is 0 Å². The number of non-ortho nitro benzene ring substituents is 1. The fraction of sp³-hybridized carbons (Fsp3) is 0.188. The Morgan fingerprint density at radius 2 is 2.00 bits per heavy atom. The van der Waals surface area contributed by atoms with E-state index in [0.29, 0.717) is 33.1 Å². The topological polar surface area (TPSA) is 118 Å².